The smallest absolute Gasteiger partial charge is 0.215 e. The lowest BCUT2D eigenvalue weighted by Gasteiger charge is -2.11. The zero-order valence-corrected chi connectivity index (χ0v) is 10.3. The Hall–Kier alpha value is -0.170. The highest BCUT2D eigenvalue weighted by Gasteiger charge is 2.17. The molecule has 0 aromatic heterocycles. The van der Waals surface area contributed by atoms with Gasteiger partial charge in [0.25, 0.3) is 0 Å². The number of hydrogen-bond donors (Lipinski definition) is 2. The summed E-state index contributed by atoms with van der Waals surface area (Å²) in [6.45, 7) is 2.97. The molecule has 0 saturated heterocycles. The van der Waals surface area contributed by atoms with Crippen LogP contribution in [0.3, 0.4) is 0 Å². The highest BCUT2D eigenvalue weighted by Crippen LogP contribution is 1.98. The Labute approximate surface area is 92.4 Å². The molecule has 3 N–H and O–H groups in total. The van der Waals surface area contributed by atoms with Gasteiger partial charge in [0.05, 0.1) is 5.25 Å². The van der Waals surface area contributed by atoms with Crippen molar-refractivity contribution >= 4 is 10.0 Å². The number of nitrogens with one attached hydrogen (secondary N) is 1. The fraction of sp³-hybridized carbons (Fsp3) is 1.00. The van der Waals surface area contributed by atoms with E-state index < -0.39 is 15.3 Å². The van der Waals surface area contributed by atoms with Gasteiger partial charge in [-0.1, -0.05) is 0 Å². The molecule has 0 rings (SSSR count). The number of sulfonamides is 1. The quantitative estimate of drug-likeness (QED) is 0.557. The second-order valence-corrected chi connectivity index (χ2v) is 5.72. The Kier molecular flexibility index (Phi) is 7.95. The predicted octanol–water partition coefficient (Wildman–Crippen LogP) is 0.0697. The average molecular weight is 238 g/mol. The largest absolute Gasteiger partial charge is 0.385 e. The normalized spacial score (nSPS) is 14.1. The SMILES string of the molecule is COCCCCCNS(=O)(=O)C(C)CN. The first-order valence-corrected chi connectivity index (χ1v) is 6.76. The minimum atomic E-state index is -3.21. The van der Waals surface area contributed by atoms with Crippen molar-refractivity contribution < 1.29 is 13.2 Å². The van der Waals surface area contributed by atoms with E-state index in [2.05, 4.69) is 4.72 Å². The highest BCUT2D eigenvalue weighted by molar-refractivity contribution is 7.90. The van der Waals surface area contributed by atoms with Crippen molar-refractivity contribution in [3.63, 3.8) is 0 Å². The second kappa shape index (κ2) is 8.04. The van der Waals surface area contributed by atoms with Crippen molar-refractivity contribution in [2.75, 3.05) is 26.8 Å². The predicted molar refractivity (Wildman–Crippen MR) is 61.2 cm³/mol. The number of hydrogen-bond acceptors (Lipinski definition) is 4. The van der Waals surface area contributed by atoms with Gasteiger partial charge >= 0.3 is 0 Å². The summed E-state index contributed by atoms with van der Waals surface area (Å²) >= 11 is 0. The molecule has 0 amide bonds. The number of ether oxygens (including phenoxy) is 1. The van der Waals surface area contributed by atoms with E-state index in [4.69, 9.17) is 10.5 Å². The molecule has 0 aliphatic heterocycles. The molecule has 1 atom stereocenters. The minimum Gasteiger partial charge on any atom is -0.385 e. The number of unbranched alkanes of at least 4 members (excludes halogenated alkanes) is 2. The summed E-state index contributed by atoms with van der Waals surface area (Å²) in [5.74, 6) is 0. The van der Waals surface area contributed by atoms with E-state index in [0.29, 0.717) is 6.54 Å². The van der Waals surface area contributed by atoms with Crippen LogP contribution in [0.5, 0.6) is 0 Å². The summed E-state index contributed by atoms with van der Waals surface area (Å²) in [5.41, 5.74) is 5.29. The number of rotatable bonds is 9. The fourth-order valence-corrected chi connectivity index (χ4v) is 2.00. The molecule has 6 heteroatoms. The van der Waals surface area contributed by atoms with Gasteiger partial charge in [0.2, 0.25) is 10.0 Å². The topological polar surface area (TPSA) is 81.4 Å². The lowest BCUT2D eigenvalue weighted by atomic mass is 10.2. The first kappa shape index (κ1) is 14.8. The molecule has 0 fully saturated rings. The summed E-state index contributed by atoms with van der Waals surface area (Å²) in [6, 6.07) is 0. The Balaban J connectivity index is 3.58. The standard InChI is InChI=1S/C9H22N2O3S/c1-9(8-10)15(12,13)11-6-4-3-5-7-14-2/h9,11H,3-8,10H2,1-2H3. The molecule has 5 nitrogen and oxygen atoms in total. The van der Waals surface area contributed by atoms with E-state index in [1.54, 1.807) is 14.0 Å². The Bertz CT molecular complexity index is 242. The van der Waals surface area contributed by atoms with Gasteiger partial charge in [-0.25, -0.2) is 13.1 Å². The summed E-state index contributed by atoms with van der Waals surface area (Å²) < 4.78 is 30.3. The maximum absolute atomic E-state index is 11.4. The zero-order valence-electron chi connectivity index (χ0n) is 9.53. The van der Waals surface area contributed by atoms with E-state index in [0.717, 1.165) is 25.9 Å². The molecule has 0 spiro atoms. The Morgan fingerprint density at radius 1 is 1.33 bits per heavy atom. The molecule has 1 unspecified atom stereocenters. The summed E-state index contributed by atoms with van der Waals surface area (Å²) in [7, 11) is -1.55. The third-order valence-corrected chi connectivity index (χ3v) is 4.05. The lowest BCUT2D eigenvalue weighted by Crippen LogP contribution is -2.37. The Morgan fingerprint density at radius 3 is 2.53 bits per heavy atom. The summed E-state index contributed by atoms with van der Waals surface area (Å²) in [6.07, 6.45) is 2.76. The lowest BCUT2D eigenvalue weighted by molar-refractivity contribution is 0.192. The van der Waals surface area contributed by atoms with Gasteiger partial charge in [-0.3, -0.25) is 0 Å². The van der Waals surface area contributed by atoms with Crippen LogP contribution < -0.4 is 10.5 Å². The van der Waals surface area contributed by atoms with Gasteiger partial charge in [0.15, 0.2) is 0 Å². The number of methoxy groups -OCH3 is 1. The molecule has 15 heavy (non-hydrogen) atoms. The van der Waals surface area contributed by atoms with Gasteiger partial charge in [0.1, 0.15) is 0 Å². The molecule has 0 radical (unpaired) electrons. The first-order chi connectivity index (χ1) is 7.04. The van der Waals surface area contributed by atoms with Crippen molar-refractivity contribution in [3.05, 3.63) is 0 Å². The van der Waals surface area contributed by atoms with Gasteiger partial charge in [-0.2, -0.15) is 0 Å². The van der Waals surface area contributed by atoms with Crippen molar-refractivity contribution in [2.24, 2.45) is 5.73 Å². The third-order valence-electron chi connectivity index (χ3n) is 2.19. The highest BCUT2D eigenvalue weighted by atomic mass is 32.2. The minimum absolute atomic E-state index is 0.152. The average Bonchev–Trinajstić information content (AvgIpc) is 2.22. The molecule has 0 heterocycles. The molecule has 92 valence electrons. The first-order valence-electron chi connectivity index (χ1n) is 5.22. The molecular formula is C9H22N2O3S. The van der Waals surface area contributed by atoms with Gasteiger partial charge in [0, 0.05) is 26.8 Å². The maximum Gasteiger partial charge on any atom is 0.215 e. The van der Waals surface area contributed by atoms with Gasteiger partial charge < -0.3 is 10.5 Å². The zero-order chi connectivity index (χ0) is 11.7. The van der Waals surface area contributed by atoms with Crippen LogP contribution >= 0.6 is 0 Å². The van der Waals surface area contributed by atoms with E-state index in [-0.39, 0.29) is 6.54 Å². The second-order valence-electron chi connectivity index (χ2n) is 3.54. The van der Waals surface area contributed by atoms with Crippen LogP contribution in [0, 0.1) is 0 Å². The van der Waals surface area contributed by atoms with Crippen molar-refractivity contribution in [3.8, 4) is 0 Å². The monoisotopic (exact) mass is 238 g/mol. The van der Waals surface area contributed by atoms with E-state index in [1.807, 2.05) is 0 Å². The summed E-state index contributed by atoms with van der Waals surface area (Å²) in [5, 5.41) is -0.517. The van der Waals surface area contributed by atoms with Gasteiger partial charge in [-0.15, -0.1) is 0 Å². The maximum atomic E-state index is 11.4. The molecule has 0 saturated carbocycles. The third kappa shape index (κ3) is 6.83. The van der Waals surface area contributed by atoms with Crippen LogP contribution in [-0.2, 0) is 14.8 Å². The van der Waals surface area contributed by atoms with E-state index in [1.165, 1.54) is 0 Å². The van der Waals surface area contributed by atoms with Crippen molar-refractivity contribution in [1.82, 2.24) is 4.72 Å². The van der Waals surface area contributed by atoms with Crippen LogP contribution in [0.2, 0.25) is 0 Å². The van der Waals surface area contributed by atoms with Crippen molar-refractivity contribution in [2.45, 2.75) is 31.4 Å². The molecule has 0 aliphatic rings. The van der Waals surface area contributed by atoms with Crippen LogP contribution in [0.4, 0.5) is 0 Å². The molecule has 0 bridgehead atoms. The van der Waals surface area contributed by atoms with Crippen LogP contribution in [0.15, 0.2) is 0 Å². The molecule has 0 aliphatic carbocycles. The van der Waals surface area contributed by atoms with Crippen LogP contribution in [-0.4, -0.2) is 40.5 Å². The summed E-state index contributed by atoms with van der Waals surface area (Å²) in [4.78, 5) is 0. The van der Waals surface area contributed by atoms with Crippen LogP contribution in [0.25, 0.3) is 0 Å². The fourth-order valence-electron chi connectivity index (χ4n) is 1.03. The molecule has 0 aromatic carbocycles. The molecule has 0 aromatic rings. The molecular weight excluding hydrogens is 216 g/mol. The van der Waals surface area contributed by atoms with Crippen LogP contribution in [0.1, 0.15) is 26.2 Å². The van der Waals surface area contributed by atoms with E-state index in [9.17, 15) is 8.42 Å². The number of nitrogens with two attached hydrogens (primary N) is 1. The van der Waals surface area contributed by atoms with E-state index >= 15 is 0 Å². The van der Waals surface area contributed by atoms with Crippen molar-refractivity contribution in [1.29, 1.82) is 0 Å². The Morgan fingerprint density at radius 2 is 2.00 bits per heavy atom. The van der Waals surface area contributed by atoms with Gasteiger partial charge in [-0.05, 0) is 26.2 Å².